The van der Waals surface area contributed by atoms with Gasteiger partial charge in [0.25, 0.3) is 0 Å². The lowest BCUT2D eigenvalue weighted by atomic mass is 9.74. The van der Waals surface area contributed by atoms with E-state index in [9.17, 15) is 35.9 Å². The van der Waals surface area contributed by atoms with E-state index in [-0.39, 0.29) is 50.3 Å². The van der Waals surface area contributed by atoms with Crippen molar-refractivity contribution in [3.8, 4) is 0 Å². The summed E-state index contributed by atoms with van der Waals surface area (Å²) in [5, 5.41) is 0. The maximum atomic E-state index is 13.9. The highest BCUT2D eigenvalue weighted by molar-refractivity contribution is 7.99. The van der Waals surface area contributed by atoms with Gasteiger partial charge in [0, 0.05) is 36.7 Å². The van der Waals surface area contributed by atoms with Gasteiger partial charge in [0.05, 0.1) is 16.9 Å². The van der Waals surface area contributed by atoms with E-state index in [1.807, 2.05) is 13.8 Å². The molecule has 2 atom stereocenters. The van der Waals surface area contributed by atoms with Crippen molar-refractivity contribution < 1.29 is 40.7 Å². The number of carbonyl (C=O) groups is 2. The summed E-state index contributed by atoms with van der Waals surface area (Å²) in [5.41, 5.74) is -1.41. The van der Waals surface area contributed by atoms with Gasteiger partial charge in [0.1, 0.15) is 0 Å². The highest BCUT2D eigenvalue weighted by atomic mass is 32.2. The molecule has 0 bridgehead atoms. The Morgan fingerprint density at radius 1 is 1.08 bits per heavy atom. The Kier molecular flexibility index (Phi) is 7.82. The number of rotatable bonds is 4. The Labute approximate surface area is 215 Å². The number of benzene rings is 1. The summed E-state index contributed by atoms with van der Waals surface area (Å²) < 4.78 is 85.8. The van der Waals surface area contributed by atoms with Crippen molar-refractivity contribution in [3.63, 3.8) is 0 Å². The van der Waals surface area contributed by atoms with Crippen molar-refractivity contribution in [3.05, 3.63) is 29.3 Å². The first kappa shape index (κ1) is 28.1. The van der Waals surface area contributed by atoms with E-state index >= 15 is 0 Å². The molecule has 0 N–H and O–H groups in total. The smallest absolute Gasteiger partial charge is 0.381 e. The quantitative estimate of drug-likeness (QED) is 0.439. The molecule has 4 rings (SSSR count). The zero-order chi connectivity index (χ0) is 27.2. The van der Waals surface area contributed by atoms with Gasteiger partial charge in [-0.2, -0.15) is 26.3 Å². The molecule has 2 amide bonds. The van der Waals surface area contributed by atoms with E-state index in [4.69, 9.17) is 4.74 Å². The number of fused-ring (bicyclic) bond motifs is 1. The number of carbonyl (C=O) groups excluding carboxylic acids is 2. The van der Waals surface area contributed by atoms with Gasteiger partial charge in [0.2, 0.25) is 5.91 Å². The normalized spacial score (nSPS) is 25.3. The van der Waals surface area contributed by atoms with Crippen LogP contribution in [0.4, 0.5) is 26.3 Å². The SMILES string of the molecule is CC(C)[C@]1(C(=O)N2CSc3ccc(C(F)(F)F)cc3C2)CC[C@@H](N(C(=O)C(F)(F)F)C2CCOCC2)C1. The second-order valence-electron chi connectivity index (χ2n) is 10.4. The average Bonchev–Trinajstić information content (AvgIpc) is 3.29. The molecule has 0 unspecified atom stereocenters. The minimum atomic E-state index is -5.03. The van der Waals surface area contributed by atoms with Gasteiger partial charge in [-0.25, -0.2) is 0 Å². The number of hydrogen-bond donors (Lipinski definition) is 0. The van der Waals surface area contributed by atoms with Gasteiger partial charge in [0.15, 0.2) is 0 Å². The summed E-state index contributed by atoms with van der Waals surface area (Å²) in [7, 11) is 0. The van der Waals surface area contributed by atoms with Crippen molar-refractivity contribution in [1.82, 2.24) is 9.80 Å². The minimum Gasteiger partial charge on any atom is -0.381 e. The first-order valence-electron chi connectivity index (χ1n) is 12.3. The number of thioether (sulfide) groups is 1. The molecule has 37 heavy (non-hydrogen) atoms. The Morgan fingerprint density at radius 3 is 2.35 bits per heavy atom. The molecule has 0 spiro atoms. The molecule has 2 aliphatic heterocycles. The molecule has 1 saturated heterocycles. The van der Waals surface area contributed by atoms with Gasteiger partial charge in [-0.05, 0) is 61.8 Å². The van der Waals surface area contributed by atoms with Crippen molar-refractivity contribution in [2.24, 2.45) is 11.3 Å². The van der Waals surface area contributed by atoms with Gasteiger partial charge in [-0.3, -0.25) is 9.59 Å². The molecule has 206 valence electrons. The lowest BCUT2D eigenvalue weighted by Crippen LogP contribution is -2.54. The topological polar surface area (TPSA) is 49.9 Å². The molecule has 1 aromatic carbocycles. The third kappa shape index (κ3) is 5.60. The zero-order valence-corrected chi connectivity index (χ0v) is 21.4. The summed E-state index contributed by atoms with van der Waals surface area (Å²) in [6.45, 7) is 4.18. The predicted molar refractivity (Wildman–Crippen MR) is 124 cm³/mol. The van der Waals surface area contributed by atoms with Crippen LogP contribution in [0.1, 0.15) is 57.1 Å². The van der Waals surface area contributed by atoms with Crippen LogP contribution in [0.25, 0.3) is 0 Å². The predicted octanol–water partition coefficient (Wildman–Crippen LogP) is 5.86. The number of nitrogens with zero attached hydrogens (tertiary/aromatic N) is 2. The van der Waals surface area contributed by atoms with E-state index in [1.165, 1.54) is 22.7 Å². The van der Waals surface area contributed by atoms with Gasteiger partial charge in [-0.15, -0.1) is 11.8 Å². The van der Waals surface area contributed by atoms with E-state index in [2.05, 4.69) is 0 Å². The summed E-state index contributed by atoms with van der Waals surface area (Å²) in [5.74, 6) is -2.18. The van der Waals surface area contributed by atoms with E-state index in [0.29, 0.717) is 29.7 Å². The standard InChI is InChI=1S/C25H30F6N2O3S/c1-15(2)23(21(34)32-13-16-11-17(24(26,27)28)3-4-20(16)37-14-32)8-5-19(12-23)33(22(35)25(29,30)31)18-6-9-36-10-7-18/h3-4,11,15,18-19H,5-10,12-14H2,1-2H3/t19-,23+/m1/s1. The lowest BCUT2D eigenvalue weighted by Gasteiger charge is -2.42. The number of amides is 2. The second kappa shape index (κ2) is 10.3. The van der Waals surface area contributed by atoms with Crippen LogP contribution in [0.3, 0.4) is 0 Å². The highest BCUT2D eigenvalue weighted by Gasteiger charge is 2.55. The third-order valence-electron chi connectivity index (χ3n) is 7.92. The van der Waals surface area contributed by atoms with E-state index < -0.39 is 41.3 Å². The van der Waals surface area contributed by atoms with Crippen LogP contribution in [0.15, 0.2) is 23.1 Å². The number of hydrogen-bond acceptors (Lipinski definition) is 4. The molecular weight excluding hydrogens is 522 g/mol. The summed E-state index contributed by atoms with van der Waals surface area (Å²) in [4.78, 5) is 29.5. The summed E-state index contributed by atoms with van der Waals surface area (Å²) in [6.07, 6.45) is -8.32. The van der Waals surface area contributed by atoms with Crippen LogP contribution in [0.2, 0.25) is 0 Å². The molecule has 1 aromatic rings. The Hall–Kier alpha value is -1.95. The minimum absolute atomic E-state index is 0.00458. The van der Waals surface area contributed by atoms with E-state index in [1.54, 1.807) is 0 Å². The Morgan fingerprint density at radius 2 is 1.76 bits per heavy atom. The zero-order valence-electron chi connectivity index (χ0n) is 20.6. The van der Waals surface area contributed by atoms with Gasteiger partial charge >= 0.3 is 18.3 Å². The van der Waals surface area contributed by atoms with Crippen LogP contribution >= 0.6 is 11.8 Å². The number of halogens is 6. The molecule has 0 radical (unpaired) electrons. The fourth-order valence-electron chi connectivity index (χ4n) is 5.86. The van der Waals surface area contributed by atoms with Crippen molar-refractivity contribution in [2.75, 3.05) is 19.1 Å². The fourth-order valence-corrected chi connectivity index (χ4v) is 6.83. The van der Waals surface area contributed by atoms with E-state index in [0.717, 1.165) is 17.0 Å². The monoisotopic (exact) mass is 552 g/mol. The molecular formula is C25H30F6N2O3S. The first-order chi connectivity index (χ1) is 17.2. The average molecular weight is 553 g/mol. The molecule has 2 heterocycles. The largest absolute Gasteiger partial charge is 0.471 e. The van der Waals surface area contributed by atoms with Crippen molar-refractivity contribution in [2.45, 2.75) is 81.8 Å². The Bertz CT molecular complexity index is 1020. The van der Waals surface area contributed by atoms with Crippen LogP contribution in [0.5, 0.6) is 0 Å². The number of alkyl halides is 6. The van der Waals surface area contributed by atoms with Crippen LogP contribution in [0, 0.1) is 11.3 Å². The summed E-state index contributed by atoms with van der Waals surface area (Å²) >= 11 is 1.26. The molecule has 1 aliphatic carbocycles. The molecule has 2 fully saturated rings. The molecule has 12 heteroatoms. The fraction of sp³-hybridized carbons (Fsp3) is 0.680. The maximum Gasteiger partial charge on any atom is 0.471 e. The third-order valence-corrected chi connectivity index (χ3v) is 9.07. The number of ether oxygens (including phenoxy) is 1. The Balaban J connectivity index is 1.58. The molecule has 1 saturated carbocycles. The second-order valence-corrected chi connectivity index (χ2v) is 11.3. The highest BCUT2D eigenvalue weighted by Crippen LogP contribution is 2.50. The molecule has 3 aliphatic rings. The summed E-state index contributed by atoms with van der Waals surface area (Å²) in [6, 6.07) is 2.09. The van der Waals surface area contributed by atoms with Crippen molar-refractivity contribution >= 4 is 23.6 Å². The van der Waals surface area contributed by atoms with Crippen molar-refractivity contribution in [1.29, 1.82) is 0 Å². The molecule has 0 aromatic heterocycles. The molecule has 5 nitrogen and oxygen atoms in total. The van der Waals surface area contributed by atoms with Gasteiger partial charge < -0.3 is 14.5 Å². The maximum absolute atomic E-state index is 13.9. The van der Waals surface area contributed by atoms with Crippen LogP contribution < -0.4 is 0 Å². The first-order valence-corrected chi connectivity index (χ1v) is 13.3. The van der Waals surface area contributed by atoms with Gasteiger partial charge in [-0.1, -0.05) is 13.8 Å². The van der Waals surface area contributed by atoms with Crippen LogP contribution in [-0.2, 0) is 27.0 Å². The lowest BCUT2D eigenvalue weighted by molar-refractivity contribution is -0.192. The van der Waals surface area contributed by atoms with Crippen LogP contribution in [-0.4, -0.2) is 59.0 Å².